The first-order valence-electron chi connectivity index (χ1n) is 5.62. The van der Waals surface area contributed by atoms with E-state index in [9.17, 15) is 0 Å². The lowest BCUT2D eigenvalue weighted by Gasteiger charge is -2.12. The highest BCUT2D eigenvalue weighted by atomic mass is 15.5. The van der Waals surface area contributed by atoms with Gasteiger partial charge in [0.25, 0.3) is 0 Å². The average Bonchev–Trinajstić information content (AvgIpc) is 2.51. The molecule has 0 aromatic rings. The first-order valence-corrected chi connectivity index (χ1v) is 5.62. The van der Waals surface area contributed by atoms with Crippen molar-refractivity contribution < 1.29 is 0 Å². The Morgan fingerprint density at radius 1 is 1.23 bits per heavy atom. The summed E-state index contributed by atoms with van der Waals surface area (Å²) in [5.41, 5.74) is 1.30. The van der Waals surface area contributed by atoms with Gasteiger partial charge in [-0.3, -0.25) is 5.01 Å². The van der Waals surface area contributed by atoms with Gasteiger partial charge >= 0.3 is 0 Å². The zero-order valence-corrected chi connectivity index (χ0v) is 9.05. The van der Waals surface area contributed by atoms with Crippen molar-refractivity contribution in [1.82, 2.24) is 5.01 Å². The van der Waals surface area contributed by atoms with Crippen molar-refractivity contribution in [1.29, 1.82) is 0 Å². The fourth-order valence-corrected chi connectivity index (χ4v) is 1.69. The van der Waals surface area contributed by atoms with Gasteiger partial charge in [-0.1, -0.05) is 32.6 Å². The Hall–Kier alpha value is -0.530. The SMILES string of the molecule is CCCCCCCN1CCC(C)=N1. The summed E-state index contributed by atoms with van der Waals surface area (Å²) in [5.74, 6) is 0. The molecule has 2 nitrogen and oxygen atoms in total. The Morgan fingerprint density at radius 2 is 2.00 bits per heavy atom. The molecule has 1 rings (SSSR count). The van der Waals surface area contributed by atoms with Gasteiger partial charge in [-0.2, -0.15) is 5.10 Å². The number of hydrogen-bond donors (Lipinski definition) is 0. The zero-order chi connectivity index (χ0) is 9.52. The lowest BCUT2D eigenvalue weighted by molar-refractivity contribution is 0.308. The third-order valence-corrected chi connectivity index (χ3v) is 2.56. The molecule has 0 bridgehead atoms. The topological polar surface area (TPSA) is 15.6 Å². The van der Waals surface area contributed by atoms with E-state index in [-0.39, 0.29) is 0 Å². The molecule has 0 aromatic heterocycles. The van der Waals surface area contributed by atoms with Crippen LogP contribution >= 0.6 is 0 Å². The fraction of sp³-hybridized carbons (Fsp3) is 0.909. The van der Waals surface area contributed by atoms with Gasteiger partial charge in [0.15, 0.2) is 0 Å². The highest BCUT2D eigenvalue weighted by molar-refractivity contribution is 5.82. The summed E-state index contributed by atoms with van der Waals surface area (Å²) in [4.78, 5) is 0. The summed E-state index contributed by atoms with van der Waals surface area (Å²) >= 11 is 0. The molecule has 0 radical (unpaired) electrons. The van der Waals surface area contributed by atoms with Gasteiger partial charge in [-0.25, -0.2) is 0 Å². The number of nitrogens with zero attached hydrogens (tertiary/aromatic N) is 2. The normalized spacial score (nSPS) is 16.5. The molecule has 1 heterocycles. The highest BCUT2D eigenvalue weighted by Gasteiger charge is 2.08. The molecule has 76 valence electrons. The maximum atomic E-state index is 4.46. The predicted octanol–water partition coefficient (Wildman–Crippen LogP) is 3.04. The van der Waals surface area contributed by atoms with Gasteiger partial charge in [0.2, 0.25) is 0 Å². The van der Waals surface area contributed by atoms with Crippen LogP contribution in [0.3, 0.4) is 0 Å². The first-order chi connectivity index (χ1) is 6.33. The largest absolute Gasteiger partial charge is 0.297 e. The van der Waals surface area contributed by atoms with Crippen molar-refractivity contribution in [2.45, 2.75) is 52.4 Å². The van der Waals surface area contributed by atoms with E-state index in [1.807, 2.05) is 0 Å². The van der Waals surface area contributed by atoms with Crippen molar-refractivity contribution >= 4 is 5.71 Å². The Morgan fingerprint density at radius 3 is 2.62 bits per heavy atom. The minimum absolute atomic E-state index is 1.15. The van der Waals surface area contributed by atoms with E-state index in [1.165, 1.54) is 50.8 Å². The summed E-state index contributed by atoms with van der Waals surface area (Å²) in [6, 6.07) is 0. The van der Waals surface area contributed by atoms with E-state index >= 15 is 0 Å². The molecule has 0 aliphatic carbocycles. The van der Waals surface area contributed by atoms with E-state index in [0.717, 1.165) is 6.54 Å². The van der Waals surface area contributed by atoms with E-state index in [4.69, 9.17) is 0 Å². The van der Waals surface area contributed by atoms with Gasteiger partial charge in [-0.15, -0.1) is 0 Å². The van der Waals surface area contributed by atoms with Crippen molar-refractivity contribution in [3.8, 4) is 0 Å². The minimum atomic E-state index is 1.15. The van der Waals surface area contributed by atoms with Crippen LogP contribution in [0, 0.1) is 0 Å². The molecule has 1 aliphatic heterocycles. The fourth-order valence-electron chi connectivity index (χ4n) is 1.69. The average molecular weight is 182 g/mol. The molecule has 1 aliphatic rings. The Kier molecular flexibility index (Phi) is 4.87. The molecular weight excluding hydrogens is 160 g/mol. The molecule has 0 amide bonds. The Labute approximate surface area is 82.0 Å². The van der Waals surface area contributed by atoms with Crippen LogP contribution in [0.25, 0.3) is 0 Å². The second-order valence-electron chi connectivity index (χ2n) is 3.95. The van der Waals surface area contributed by atoms with E-state index in [0.29, 0.717) is 0 Å². The molecular formula is C11H22N2. The standard InChI is InChI=1S/C11H22N2/c1-3-4-5-6-7-9-13-10-8-11(2)12-13/h3-10H2,1-2H3. The van der Waals surface area contributed by atoms with Crippen LogP contribution < -0.4 is 0 Å². The second-order valence-corrected chi connectivity index (χ2v) is 3.95. The third-order valence-electron chi connectivity index (χ3n) is 2.56. The molecule has 0 saturated heterocycles. The Bertz CT molecular complexity index is 163. The smallest absolute Gasteiger partial charge is 0.0413 e. The van der Waals surface area contributed by atoms with Gasteiger partial charge in [-0.05, 0) is 13.3 Å². The predicted molar refractivity (Wildman–Crippen MR) is 58.1 cm³/mol. The van der Waals surface area contributed by atoms with Gasteiger partial charge in [0.1, 0.15) is 0 Å². The summed E-state index contributed by atoms with van der Waals surface area (Å²) in [7, 11) is 0. The lowest BCUT2D eigenvalue weighted by atomic mass is 10.1. The second kappa shape index (κ2) is 6.01. The van der Waals surface area contributed by atoms with Gasteiger partial charge < -0.3 is 0 Å². The molecule has 2 heteroatoms. The first kappa shape index (κ1) is 10.6. The van der Waals surface area contributed by atoms with Crippen molar-refractivity contribution in [2.75, 3.05) is 13.1 Å². The maximum absolute atomic E-state index is 4.46. The number of hydrazone groups is 1. The van der Waals surface area contributed by atoms with Crippen LogP contribution in [0.15, 0.2) is 5.10 Å². The molecule has 0 saturated carbocycles. The number of unbranched alkanes of at least 4 members (excludes halogenated alkanes) is 4. The number of rotatable bonds is 6. The van der Waals surface area contributed by atoms with E-state index in [2.05, 4.69) is 24.0 Å². The van der Waals surface area contributed by atoms with Crippen LogP contribution in [-0.2, 0) is 0 Å². The van der Waals surface area contributed by atoms with Crippen LogP contribution in [0.1, 0.15) is 52.4 Å². The maximum Gasteiger partial charge on any atom is 0.0413 e. The van der Waals surface area contributed by atoms with Crippen LogP contribution in [0.2, 0.25) is 0 Å². The van der Waals surface area contributed by atoms with E-state index in [1.54, 1.807) is 0 Å². The quantitative estimate of drug-likeness (QED) is 0.576. The van der Waals surface area contributed by atoms with Crippen molar-refractivity contribution in [3.05, 3.63) is 0 Å². The lowest BCUT2D eigenvalue weighted by Crippen LogP contribution is -2.15. The van der Waals surface area contributed by atoms with Crippen molar-refractivity contribution in [3.63, 3.8) is 0 Å². The molecule has 0 N–H and O–H groups in total. The minimum Gasteiger partial charge on any atom is -0.297 e. The van der Waals surface area contributed by atoms with Crippen LogP contribution in [-0.4, -0.2) is 23.8 Å². The van der Waals surface area contributed by atoms with Gasteiger partial charge in [0.05, 0.1) is 0 Å². The molecule has 0 fully saturated rings. The number of hydrogen-bond acceptors (Lipinski definition) is 2. The third kappa shape index (κ3) is 4.30. The monoisotopic (exact) mass is 182 g/mol. The van der Waals surface area contributed by atoms with Crippen molar-refractivity contribution in [2.24, 2.45) is 5.10 Å². The van der Waals surface area contributed by atoms with Crippen LogP contribution in [0.5, 0.6) is 0 Å². The summed E-state index contributed by atoms with van der Waals surface area (Å²) in [6.45, 7) is 6.70. The van der Waals surface area contributed by atoms with Crippen LogP contribution in [0.4, 0.5) is 0 Å². The Balaban J connectivity index is 1.94. The summed E-state index contributed by atoms with van der Waals surface area (Å²) in [5, 5.41) is 6.68. The molecule has 0 atom stereocenters. The summed E-state index contributed by atoms with van der Waals surface area (Å²) in [6.07, 6.45) is 7.99. The molecule has 0 spiro atoms. The highest BCUT2D eigenvalue weighted by Crippen LogP contribution is 2.08. The molecule has 0 unspecified atom stereocenters. The van der Waals surface area contributed by atoms with Gasteiger partial charge in [0, 0.05) is 25.2 Å². The van der Waals surface area contributed by atoms with E-state index < -0.39 is 0 Å². The zero-order valence-electron chi connectivity index (χ0n) is 9.05. The molecule has 0 aromatic carbocycles. The summed E-state index contributed by atoms with van der Waals surface area (Å²) < 4.78 is 0. The molecule has 13 heavy (non-hydrogen) atoms.